The summed E-state index contributed by atoms with van der Waals surface area (Å²) in [5, 5.41) is 9.76. The van der Waals surface area contributed by atoms with Crippen LogP contribution in [0.5, 0.6) is 0 Å². The minimum atomic E-state index is -0.632. The summed E-state index contributed by atoms with van der Waals surface area (Å²) in [5.41, 5.74) is 1.54. The molecular formula is C22H19N5O3. The van der Waals surface area contributed by atoms with Gasteiger partial charge in [-0.2, -0.15) is 5.26 Å². The van der Waals surface area contributed by atoms with Gasteiger partial charge in [-0.1, -0.05) is 18.2 Å². The first-order valence-electron chi connectivity index (χ1n) is 9.57. The predicted octanol–water partition coefficient (Wildman–Crippen LogP) is 1.99. The Balaban J connectivity index is 1.50. The summed E-state index contributed by atoms with van der Waals surface area (Å²) in [7, 11) is 0. The quantitative estimate of drug-likeness (QED) is 0.533. The van der Waals surface area contributed by atoms with Crippen LogP contribution in [0.25, 0.3) is 10.9 Å². The average molecular weight is 401 g/mol. The maximum Gasteiger partial charge on any atom is 0.295 e. The number of rotatable bonds is 3. The molecule has 4 rings (SSSR count). The Morgan fingerprint density at radius 1 is 1.17 bits per heavy atom. The molecule has 30 heavy (non-hydrogen) atoms. The normalized spacial score (nSPS) is 16.3. The Morgan fingerprint density at radius 3 is 2.70 bits per heavy atom. The smallest absolute Gasteiger partial charge is 0.295 e. The lowest BCUT2D eigenvalue weighted by atomic mass is 10.0. The van der Waals surface area contributed by atoms with Crippen LogP contribution in [0, 0.1) is 11.3 Å². The summed E-state index contributed by atoms with van der Waals surface area (Å²) in [6, 6.07) is 11.9. The van der Waals surface area contributed by atoms with Gasteiger partial charge in [0, 0.05) is 43.5 Å². The van der Waals surface area contributed by atoms with Gasteiger partial charge < -0.3 is 14.8 Å². The molecule has 1 unspecified atom stereocenters. The van der Waals surface area contributed by atoms with Crippen LogP contribution < -0.4 is 0 Å². The number of carbonyl (C=O) groups excluding carboxylic acids is 3. The molecule has 150 valence electrons. The van der Waals surface area contributed by atoms with Gasteiger partial charge in [-0.3, -0.25) is 19.4 Å². The third-order valence-corrected chi connectivity index (χ3v) is 5.33. The molecule has 0 saturated carbocycles. The molecule has 1 saturated heterocycles. The number of aromatic amines is 1. The van der Waals surface area contributed by atoms with E-state index in [1.807, 2.05) is 6.92 Å². The number of aromatic nitrogens is 2. The lowest BCUT2D eigenvalue weighted by Gasteiger charge is -2.39. The summed E-state index contributed by atoms with van der Waals surface area (Å²) in [5.74, 6) is -1.44. The van der Waals surface area contributed by atoms with Crippen LogP contribution in [0.1, 0.15) is 33.3 Å². The lowest BCUT2D eigenvalue weighted by Crippen LogP contribution is -2.56. The van der Waals surface area contributed by atoms with E-state index in [4.69, 9.17) is 0 Å². The molecule has 0 bridgehead atoms. The number of carbonyl (C=O) groups is 3. The molecule has 1 fully saturated rings. The average Bonchev–Trinajstić information content (AvgIpc) is 3.22. The van der Waals surface area contributed by atoms with Crippen LogP contribution in [0.15, 0.2) is 48.8 Å². The topological polar surface area (TPSA) is 110 Å². The maximum absolute atomic E-state index is 12.9. The van der Waals surface area contributed by atoms with Gasteiger partial charge in [0.15, 0.2) is 0 Å². The number of pyridine rings is 1. The van der Waals surface area contributed by atoms with Crippen molar-refractivity contribution in [2.45, 2.75) is 13.0 Å². The monoisotopic (exact) mass is 401 g/mol. The molecule has 2 aromatic heterocycles. The number of hydrogen-bond acceptors (Lipinski definition) is 5. The van der Waals surface area contributed by atoms with Crippen molar-refractivity contribution >= 4 is 28.5 Å². The molecule has 8 nitrogen and oxygen atoms in total. The van der Waals surface area contributed by atoms with Crippen LogP contribution in [0.3, 0.4) is 0 Å². The van der Waals surface area contributed by atoms with Crippen molar-refractivity contribution < 1.29 is 14.4 Å². The second-order valence-electron chi connectivity index (χ2n) is 7.19. The summed E-state index contributed by atoms with van der Waals surface area (Å²) >= 11 is 0. The number of H-pyrrole nitrogens is 1. The summed E-state index contributed by atoms with van der Waals surface area (Å²) in [4.78, 5) is 48.6. The third kappa shape index (κ3) is 3.31. The summed E-state index contributed by atoms with van der Waals surface area (Å²) in [6.45, 7) is 2.72. The van der Waals surface area contributed by atoms with Gasteiger partial charge in [-0.25, -0.2) is 0 Å². The van der Waals surface area contributed by atoms with Crippen LogP contribution in [0.4, 0.5) is 0 Å². The Kier molecular flexibility index (Phi) is 5.02. The van der Waals surface area contributed by atoms with Crippen molar-refractivity contribution in [3.63, 3.8) is 0 Å². The van der Waals surface area contributed by atoms with Crippen molar-refractivity contribution in [1.82, 2.24) is 19.8 Å². The highest BCUT2D eigenvalue weighted by molar-refractivity contribution is 6.45. The first-order chi connectivity index (χ1) is 14.5. The minimum Gasteiger partial charge on any atom is -0.359 e. The standard InChI is InChI=1S/C22H19N5O3/c1-14-13-26(21(29)18-7-2-3-8-24-18)9-10-27(14)22(30)20(28)17-12-25-19-15(11-23)5-4-6-16(17)19/h2-8,12,14,25H,9-10,13H2,1H3. The molecule has 8 heteroatoms. The number of benzene rings is 1. The van der Waals surface area contributed by atoms with Crippen LogP contribution in [0.2, 0.25) is 0 Å². The highest BCUT2D eigenvalue weighted by atomic mass is 16.2. The van der Waals surface area contributed by atoms with Gasteiger partial charge in [-0.15, -0.1) is 0 Å². The largest absolute Gasteiger partial charge is 0.359 e. The molecule has 1 aromatic carbocycles. The second-order valence-corrected chi connectivity index (χ2v) is 7.19. The van der Waals surface area contributed by atoms with Gasteiger partial charge in [0.2, 0.25) is 0 Å². The first kappa shape index (κ1) is 19.3. The minimum absolute atomic E-state index is 0.193. The van der Waals surface area contributed by atoms with E-state index in [0.29, 0.717) is 35.2 Å². The highest BCUT2D eigenvalue weighted by Crippen LogP contribution is 2.23. The molecule has 3 heterocycles. The number of nitrogens with zero attached hydrogens (tertiary/aromatic N) is 4. The number of nitriles is 1. The van der Waals surface area contributed by atoms with Crippen molar-refractivity contribution in [1.29, 1.82) is 5.26 Å². The Hall–Kier alpha value is -3.99. The van der Waals surface area contributed by atoms with Crippen molar-refractivity contribution in [3.8, 4) is 6.07 Å². The number of para-hydroxylation sites is 1. The molecule has 1 atom stereocenters. The fraction of sp³-hybridized carbons (Fsp3) is 0.227. The highest BCUT2D eigenvalue weighted by Gasteiger charge is 2.34. The number of Topliss-reactive ketones (excluding diaryl/α,β-unsaturated/α-hetero) is 1. The van der Waals surface area contributed by atoms with Crippen LogP contribution >= 0.6 is 0 Å². The van der Waals surface area contributed by atoms with Gasteiger partial charge in [-0.05, 0) is 25.1 Å². The molecule has 0 spiro atoms. The Bertz CT molecular complexity index is 1180. The van der Waals surface area contributed by atoms with Crippen molar-refractivity contribution in [2.75, 3.05) is 19.6 Å². The fourth-order valence-corrected chi connectivity index (χ4v) is 3.78. The van der Waals surface area contributed by atoms with E-state index in [1.165, 1.54) is 11.1 Å². The van der Waals surface area contributed by atoms with Crippen molar-refractivity contribution in [2.24, 2.45) is 0 Å². The molecule has 0 aliphatic carbocycles. The molecule has 1 aliphatic rings. The molecular weight excluding hydrogens is 382 g/mol. The van der Waals surface area contributed by atoms with E-state index < -0.39 is 11.7 Å². The number of ketones is 1. The number of fused-ring (bicyclic) bond motifs is 1. The van der Waals surface area contributed by atoms with Crippen LogP contribution in [-0.2, 0) is 4.79 Å². The fourth-order valence-electron chi connectivity index (χ4n) is 3.78. The molecule has 1 N–H and O–H groups in total. The van der Waals surface area contributed by atoms with E-state index in [0.717, 1.165) is 0 Å². The number of nitrogens with one attached hydrogen (secondary N) is 1. The maximum atomic E-state index is 12.9. The number of hydrogen-bond donors (Lipinski definition) is 1. The van der Waals surface area contributed by atoms with Crippen LogP contribution in [-0.4, -0.2) is 63.0 Å². The van der Waals surface area contributed by atoms with E-state index in [1.54, 1.807) is 47.5 Å². The van der Waals surface area contributed by atoms with Gasteiger partial charge in [0.05, 0.1) is 16.6 Å². The summed E-state index contributed by atoms with van der Waals surface area (Å²) in [6.07, 6.45) is 3.03. The zero-order valence-electron chi connectivity index (χ0n) is 16.3. The zero-order valence-corrected chi connectivity index (χ0v) is 16.3. The number of amides is 2. The van der Waals surface area contributed by atoms with E-state index in [2.05, 4.69) is 16.0 Å². The predicted molar refractivity (Wildman–Crippen MR) is 109 cm³/mol. The van der Waals surface area contributed by atoms with Gasteiger partial charge in [0.25, 0.3) is 17.6 Å². The Labute approximate surface area is 172 Å². The van der Waals surface area contributed by atoms with Gasteiger partial charge in [0.1, 0.15) is 11.8 Å². The summed E-state index contributed by atoms with van der Waals surface area (Å²) < 4.78 is 0. The molecule has 0 radical (unpaired) electrons. The van der Waals surface area contributed by atoms with E-state index in [9.17, 15) is 19.6 Å². The Morgan fingerprint density at radius 2 is 2.00 bits per heavy atom. The van der Waals surface area contributed by atoms with E-state index >= 15 is 0 Å². The van der Waals surface area contributed by atoms with E-state index in [-0.39, 0.29) is 24.1 Å². The SMILES string of the molecule is CC1CN(C(=O)c2ccccn2)CCN1C(=O)C(=O)c1c[nH]c2c(C#N)cccc12. The second kappa shape index (κ2) is 7.79. The lowest BCUT2D eigenvalue weighted by molar-refractivity contribution is -0.130. The van der Waals surface area contributed by atoms with Gasteiger partial charge >= 0.3 is 0 Å². The molecule has 1 aliphatic heterocycles. The first-order valence-corrected chi connectivity index (χ1v) is 9.57. The zero-order chi connectivity index (χ0) is 21.3. The number of piperazine rings is 1. The third-order valence-electron chi connectivity index (χ3n) is 5.33. The molecule has 3 aromatic rings. The molecule has 2 amide bonds. The van der Waals surface area contributed by atoms with Crippen molar-refractivity contribution in [3.05, 3.63) is 65.6 Å².